The number of hydrogen-bond acceptors (Lipinski definition) is 3. The van der Waals surface area contributed by atoms with E-state index in [9.17, 15) is 0 Å². The van der Waals surface area contributed by atoms with Gasteiger partial charge in [-0.3, -0.25) is 4.90 Å². The van der Waals surface area contributed by atoms with E-state index in [-0.39, 0.29) is 0 Å². The fourth-order valence-electron chi connectivity index (χ4n) is 3.80. The predicted octanol–water partition coefficient (Wildman–Crippen LogP) is 4.52. The molecule has 3 heteroatoms. The summed E-state index contributed by atoms with van der Waals surface area (Å²) < 4.78 is 0. The van der Waals surface area contributed by atoms with Crippen molar-refractivity contribution in [2.75, 3.05) is 13.1 Å². The van der Waals surface area contributed by atoms with Crippen molar-refractivity contribution < 1.29 is 0 Å². The van der Waals surface area contributed by atoms with Crippen LogP contribution in [-0.4, -0.2) is 30.1 Å². The van der Waals surface area contributed by atoms with Crippen molar-refractivity contribution in [2.24, 2.45) is 5.92 Å². The average molecular weight is 309 g/mol. The second-order valence-electron chi connectivity index (χ2n) is 6.73. The van der Waals surface area contributed by atoms with Crippen LogP contribution in [0, 0.1) is 19.8 Å². The zero-order valence-corrected chi connectivity index (χ0v) is 15.4. The number of nitrogens with one attached hydrogen (secondary N) is 1. The average Bonchev–Trinajstić information content (AvgIpc) is 2.79. The van der Waals surface area contributed by atoms with Crippen LogP contribution in [0.1, 0.15) is 61.9 Å². The highest BCUT2D eigenvalue weighted by atomic mass is 32.1. The Kier molecular flexibility index (Phi) is 5.87. The molecular formula is C18H32N2S. The van der Waals surface area contributed by atoms with Crippen molar-refractivity contribution in [2.45, 2.75) is 72.5 Å². The van der Waals surface area contributed by atoms with E-state index in [1.54, 1.807) is 0 Å². The molecule has 1 aliphatic rings. The molecule has 1 N–H and O–H groups in total. The summed E-state index contributed by atoms with van der Waals surface area (Å²) in [6.45, 7) is 16.3. The second kappa shape index (κ2) is 7.26. The Morgan fingerprint density at radius 3 is 2.67 bits per heavy atom. The van der Waals surface area contributed by atoms with Crippen LogP contribution in [-0.2, 0) is 0 Å². The first-order valence-electron chi connectivity index (χ1n) is 8.51. The van der Waals surface area contributed by atoms with E-state index in [0.717, 1.165) is 6.54 Å². The van der Waals surface area contributed by atoms with Crippen molar-refractivity contribution in [3.8, 4) is 0 Å². The standard InChI is InChI=1S/C18H32N2S/c1-7-9-19-18-8-10-20(14(4)13(18)3)15(5)17-11-12(2)21-16(17)6/h11,13-15,18-19H,7-10H2,1-6H3. The number of piperidine rings is 1. The molecule has 4 unspecified atom stereocenters. The predicted molar refractivity (Wildman–Crippen MR) is 94.2 cm³/mol. The van der Waals surface area contributed by atoms with Gasteiger partial charge in [-0.05, 0) is 64.6 Å². The minimum Gasteiger partial charge on any atom is -0.314 e. The normalized spacial score (nSPS) is 28.8. The maximum atomic E-state index is 3.74. The lowest BCUT2D eigenvalue weighted by Crippen LogP contribution is -2.54. The number of hydrogen-bond donors (Lipinski definition) is 1. The molecule has 1 aromatic rings. The molecule has 120 valence electrons. The second-order valence-corrected chi connectivity index (χ2v) is 8.19. The summed E-state index contributed by atoms with van der Waals surface area (Å²) in [5.74, 6) is 0.716. The van der Waals surface area contributed by atoms with Gasteiger partial charge in [0.1, 0.15) is 0 Å². The molecule has 1 saturated heterocycles. The van der Waals surface area contributed by atoms with Gasteiger partial charge in [-0.2, -0.15) is 0 Å². The molecule has 0 bridgehead atoms. The summed E-state index contributed by atoms with van der Waals surface area (Å²) in [6, 6.07) is 4.26. The lowest BCUT2D eigenvalue weighted by Gasteiger charge is -2.46. The van der Waals surface area contributed by atoms with E-state index in [4.69, 9.17) is 0 Å². The topological polar surface area (TPSA) is 15.3 Å². The SMILES string of the molecule is CCCNC1CCN(C(C)c2cc(C)sc2C)C(C)C1C. The summed E-state index contributed by atoms with van der Waals surface area (Å²) in [5, 5.41) is 3.74. The summed E-state index contributed by atoms with van der Waals surface area (Å²) >= 11 is 1.94. The van der Waals surface area contributed by atoms with Crippen molar-refractivity contribution in [1.29, 1.82) is 0 Å². The third-order valence-corrected chi connectivity index (χ3v) is 6.28. The van der Waals surface area contributed by atoms with Gasteiger partial charge in [-0.25, -0.2) is 0 Å². The smallest absolute Gasteiger partial charge is 0.0333 e. The van der Waals surface area contributed by atoms with E-state index in [2.05, 4.69) is 57.8 Å². The Balaban J connectivity index is 2.06. The maximum absolute atomic E-state index is 3.74. The van der Waals surface area contributed by atoms with E-state index in [0.29, 0.717) is 24.0 Å². The van der Waals surface area contributed by atoms with Crippen LogP contribution < -0.4 is 5.32 Å². The first-order valence-corrected chi connectivity index (χ1v) is 9.33. The van der Waals surface area contributed by atoms with Gasteiger partial charge in [0.05, 0.1) is 0 Å². The molecule has 0 spiro atoms. The Morgan fingerprint density at radius 1 is 1.38 bits per heavy atom. The van der Waals surface area contributed by atoms with Crippen LogP contribution in [0.15, 0.2) is 6.07 Å². The Labute approximate surface area is 134 Å². The highest BCUT2D eigenvalue weighted by molar-refractivity contribution is 7.12. The highest BCUT2D eigenvalue weighted by Gasteiger charge is 2.35. The van der Waals surface area contributed by atoms with Crippen molar-refractivity contribution >= 4 is 11.3 Å². The van der Waals surface area contributed by atoms with Crippen LogP contribution in [0.25, 0.3) is 0 Å². The van der Waals surface area contributed by atoms with Crippen molar-refractivity contribution in [3.63, 3.8) is 0 Å². The lowest BCUT2D eigenvalue weighted by atomic mass is 9.85. The van der Waals surface area contributed by atoms with E-state index < -0.39 is 0 Å². The van der Waals surface area contributed by atoms with Gasteiger partial charge in [0.25, 0.3) is 0 Å². The molecule has 2 heterocycles. The third kappa shape index (κ3) is 3.69. The molecular weight excluding hydrogens is 276 g/mol. The quantitative estimate of drug-likeness (QED) is 0.860. The van der Waals surface area contributed by atoms with E-state index in [1.807, 2.05) is 11.3 Å². The van der Waals surface area contributed by atoms with E-state index in [1.165, 1.54) is 34.7 Å². The summed E-state index contributed by atoms with van der Waals surface area (Å²) in [4.78, 5) is 5.64. The molecule has 1 aliphatic heterocycles. The highest BCUT2D eigenvalue weighted by Crippen LogP contribution is 2.35. The van der Waals surface area contributed by atoms with Gasteiger partial charge in [0.15, 0.2) is 0 Å². The number of likely N-dealkylation sites (tertiary alicyclic amines) is 1. The molecule has 0 radical (unpaired) electrons. The summed E-state index contributed by atoms with van der Waals surface area (Å²) in [5.41, 5.74) is 1.54. The Bertz CT molecular complexity index is 454. The molecule has 2 rings (SSSR count). The molecule has 21 heavy (non-hydrogen) atoms. The minimum absolute atomic E-state index is 0.541. The number of rotatable bonds is 5. The first kappa shape index (κ1) is 17.0. The van der Waals surface area contributed by atoms with Crippen LogP contribution in [0.4, 0.5) is 0 Å². The van der Waals surface area contributed by atoms with E-state index >= 15 is 0 Å². The molecule has 1 aromatic heterocycles. The van der Waals surface area contributed by atoms with Crippen molar-refractivity contribution in [1.82, 2.24) is 10.2 Å². The lowest BCUT2D eigenvalue weighted by molar-refractivity contribution is 0.0524. The Hall–Kier alpha value is -0.380. The molecule has 2 nitrogen and oxygen atoms in total. The first-order chi connectivity index (χ1) is 9.95. The zero-order chi connectivity index (χ0) is 15.6. The van der Waals surface area contributed by atoms with Crippen LogP contribution in [0.3, 0.4) is 0 Å². The molecule has 0 aromatic carbocycles. The van der Waals surface area contributed by atoms with Gasteiger partial charge in [-0.1, -0.05) is 13.8 Å². The molecule has 0 aliphatic carbocycles. The van der Waals surface area contributed by atoms with Crippen molar-refractivity contribution in [3.05, 3.63) is 21.4 Å². The maximum Gasteiger partial charge on any atom is 0.0333 e. The zero-order valence-electron chi connectivity index (χ0n) is 14.6. The summed E-state index contributed by atoms with van der Waals surface area (Å²) in [7, 11) is 0. The molecule has 0 amide bonds. The van der Waals surface area contributed by atoms with Gasteiger partial charge < -0.3 is 5.32 Å². The Morgan fingerprint density at radius 2 is 2.10 bits per heavy atom. The molecule has 1 fully saturated rings. The van der Waals surface area contributed by atoms with Gasteiger partial charge >= 0.3 is 0 Å². The summed E-state index contributed by atoms with van der Waals surface area (Å²) in [6.07, 6.45) is 2.50. The molecule has 4 atom stereocenters. The largest absolute Gasteiger partial charge is 0.314 e. The molecule has 0 saturated carbocycles. The minimum atomic E-state index is 0.541. The number of aryl methyl sites for hydroxylation is 2. The van der Waals surface area contributed by atoms with Crippen LogP contribution in [0.5, 0.6) is 0 Å². The monoisotopic (exact) mass is 308 g/mol. The van der Waals surface area contributed by atoms with Gasteiger partial charge in [0, 0.05) is 34.4 Å². The van der Waals surface area contributed by atoms with Crippen LogP contribution in [0.2, 0.25) is 0 Å². The number of thiophene rings is 1. The van der Waals surface area contributed by atoms with Gasteiger partial charge in [-0.15, -0.1) is 11.3 Å². The fourth-order valence-corrected chi connectivity index (χ4v) is 4.82. The number of nitrogens with zero attached hydrogens (tertiary/aromatic N) is 1. The third-order valence-electron chi connectivity index (χ3n) is 5.30. The fraction of sp³-hybridized carbons (Fsp3) is 0.778. The van der Waals surface area contributed by atoms with Gasteiger partial charge in [0.2, 0.25) is 0 Å². The van der Waals surface area contributed by atoms with Crippen LogP contribution >= 0.6 is 11.3 Å².